The van der Waals surface area contributed by atoms with E-state index in [1.54, 1.807) is 11.8 Å². The highest BCUT2D eigenvalue weighted by atomic mass is 35.5. The number of rotatable bonds is 2. The number of hydrogen-bond donors (Lipinski definition) is 0. The Bertz CT molecular complexity index is 304. The summed E-state index contributed by atoms with van der Waals surface area (Å²) in [4.78, 5) is 1.11. The van der Waals surface area contributed by atoms with Gasteiger partial charge in [0.25, 0.3) is 0 Å². The van der Waals surface area contributed by atoms with Gasteiger partial charge in [0.15, 0.2) is 11.5 Å². The lowest BCUT2D eigenvalue weighted by Gasteiger charge is -2.18. The number of fused-ring (bicyclic) bond motifs is 1. The Balaban J connectivity index is 2.24. The van der Waals surface area contributed by atoms with Crippen molar-refractivity contribution in [2.45, 2.75) is 4.90 Å². The predicted octanol–water partition coefficient (Wildman–Crippen LogP) is 2.75. The molecule has 0 radical (unpaired) electrons. The van der Waals surface area contributed by atoms with Crippen LogP contribution in [0.5, 0.6) is 11.5 Å². The first kappa shape index (κ1) is 9.03. The smallest absolute Gasteiger partial charge is 0.162 e. The normalized spacial score (nSPS) is 14.2. The second-order valence-electron chi connectivity index (χ2n) is 2.56. The second-order valence-corrected chi connectivity index (χ2v) is 4.19. The third kappa shape index (κ3) is 2.03. The van der Waals surface area contributed by atoms with Crippen molar-refractivity contribution >= 4 is 23.4 Å². The minimum absolute atomic E-state index is 0.555. The number of ether oxygens (including phenoxy) is 2. The molecule has 0 aliphatic carbocycles. The highest BCUT2D eigenvalue weighted by molar-refractivity contribution is 8.00. The van der Waals surface area contributed by atoms with E-state index in [0.717, 1.165) is 16.4 Å². The summed E-state index contributed by atoms with van der Waals surface area (Å²) in [6.07, 6.45) is 0. The molecule has 1 heterocycles. The average Bonchev–Trinajstić information content (AvgIpc) is 2.18. The maximum Gasteiger partial charge on any atom is 0.162 e. The van der Waals surface area contributed by atoms with E-state index in [2.05, 4.69) is 0 Å². The van der Waals surface area contributed by atoms with Gasteiger partial charge in [-0.25, -0.2) is 0 Å². The lowest BCUT2D eigenvalue weighted by molar-refractivity contribution is 0.171. The van der Waals surface area contributed by atoms with Crippen molar-refractivity contribution in [2.24, 2.45) is 0 Å². The largest absolute Gasteiger partial charge is 0.486 e. The monoisotopic (exact) mass is 216 g/mol. The zero-order valence-electron chi connectivity index (χ0n) is 6.96. The molecule has 2 nitrogen and oxygen atoms in total. The minimum atomic E-state index is 0.555. The first-order valence-corrected chi connectivity index (χ1v) is 5.50. The number of hydrogen-bond acceptors (Lipinski definition) is 3. The molecule has 0 saturated carbocycles. The van der Waals surface area contributed by atoms with Crippen LogP contribution in [0.3, 0.4) is 0 Å². The summed E-state index contributed by atoms with van der Waals surface area (Å²) in [6.45, 7) is 1.26. The summed E-state index contributed by atoms with van der Waals surface area (Å²) in [7, 11) is 0. The van der Waals surface area contributed by atoms with Crippen molar-refractivity contribution < 1.29 is 9.47 Å². The van der Waals surface area contributed by atoms with Gasteiger partial charge in [0.05, 0.1) is 5.21 Å². The van der Waals surface area contributed by atoms with Crippen LogP contribution >= 0.6 is 23.4 Å². The van der Waals surface area contributed by atoms with Crippen LogP contribution < -0.4 is 9.47 Å². The highest BCUT2D eigenvalue weighted by Gasteiger charge is 2.11. The Morgan fingerprint density at radius 3 is 2.77 bits per heavy atom. The van der Waals surface area contributed by atoms with E-state index in [1.165, 1.54) is 0 Å². The average molecular weight is 217 g/mol. The SMILES string of the molecule is ClCSc1ccc2c(c1)OCCO2. The molecule has 1 aromatic carbocycles. The molecular formula is C9H9ClO2S. The van der Waals surface area contributed by atoms with Crippen LogP contribution in [0.1, 0.15) is 0 Å². The first-order chi connectivity index (χ1) is 6.40. The number of halogens is 1. The predicted molar refractivity (Wildman–Crippen MR) is 54.0 cm³/mol. The van der Waals surface area contributed by atoms with Crippen molar-refractivity contribution in [1.82, 2.24) is 0 Å². The summed E-state index contributed by atoms with van der Waals surface area (Å²) in [5, 5.41) is 0.555. The zero-order chi connectivity index (χ0) is 9.10. The molecule has 0 amide bonds. The molecule has 0 bridgehead atoms. The maximum absolute atomic E-state index is 5.61. The van der Waals surface area contributed by atoms with Crippen LogP contribution in [-0.2, 0) is 0 Å². The van der Waals surface area contributed by atoms with Crippen molar-refractivity contribution in [1.29, 1.82) is 0 Å². The van der Waals surface area contributed by atoms with E-state index in [-0.39, 0.29) is 0 Å². The molecule has 0 spiro atoms. The van der Waals surface area contributed by atoms with Crippen molar-refractivity contribution in [2.75, 3.05) is 18.4 Å². The second kappa shape index (κ2) is 4.11. The molecule has 0 fully saturated rings. The summed E-state index contributed by atoms with van der Waals surface area (Å²) < 4.78 is 10.8. The van der Waals surface area contributed by atoms with Gasteiger partial charge in [0.1, 0.15) is 13.2 Å². The number of thioether (sulfide) groups is 1. The fourth-order valence-electron chi connectivity index (χ4n) is 1.18. The van der Waals surface area contributed by atoms with Gasteiger partial charge in [-0.3, -0.25) is 0 Å². The molecule has 1 aliphatic rings. The number of benzene rings is 1. The Kier molecular flexibility index (Phi) is 2.86. The summed E-state index contributed by atoms with van der Waals surface area (Å²) in [5.74, 6) is 1.64. The Labute approximate surface area is 86.2 Å². The molecule has 2 rings (SSSR count). The lowest BCUT2D eigenvalue weighted by atomic mass is 10.3. The topological polar surface area (TPSA) is 18.5 Å². The molecule has 0 atom stereocenters. The Morgan fingerprint density at radius 1 is 1.23 bits per heavy atom. The van der Waals surface area contributed by atoms with Crippen molar-refractivity contribution in [3.8, 4) is 11.5 Å². The van der Waals surface area contributed by atoms with Crippen molar-refractivity contribution in [3.63, 3.8) is 0 Å². The molecule has 0 N–H and O–H groups in total. The quantitative estimate of drug-likeness (QED) is 0.560. The molecule has 13 heavy (non-hydrogen) atoms. The molecule has 0 aromatic heterocycles. The van der Waals surface area contributed by atoms with Crippen LogP contribution in [0.2, 0.25) is 0 Å². The third-order valence-corrected chi connectivity index (χ3v) is 2.76. The molecular weight excluding hydrogens is 208 g/mol. The van der Waals surface area contributed by atoms with Gasteiger partial charge >= 0.3 is 0 Å². The fourth-order valence-corrected chi connectivity index (χ4v) is 2.04. The van der Waals surface area contributed by atoms with E-state index >= 15 is 0 Å². The third-order valence-electron chi connectivity index (χ3n) is 1.73. The van der Waals surface area contributed by atoms with Gasteiger partial charge in [-0.1, -0.05) is 0 Å². The van der Waals surface area contributed by atoms with E-state index < -0.39 is 0 Å². The zero-order valence-corrected chi connectivity index (χ0v) is 8.53. The standard InChI is InChI=1S/C9H9ClO2S/c10-6-13-7-1-2-8-9(5-7)12-4-3-11-8/h1-2,5H,3-4,6H2. The molecule has 1 aromatic rings. The van der Waals surface area contributed by atoms with Crippen LogP contribution in [0, 0.1) is 0 Å². The highest BCUT2D eigenvalue weighted by Crippen LogP contribution is 2.34. The Hall–Kier alpha value is -0.540. The summed E-state index contributed by atoms with van der Waals surface area (Å²) in [6, 6.07) is 5.87. The van der Waals surface area contributed by atoms with Gasteiger partial charge < -0.3 is 9.47 Å². The fraction of sp³-hybridized carbons (Fsp3) is 0.333. The van der Waals surface area contributed by atoms with Gasteiger partial charge in [-0.2, -0.15) is 0 Å². The summed E-state index contributed by atoms with van der Waals surface area (Å²) in [5.41, 5.74) is 0. The molecule has 1 aliphatic heterocycles. The van der Waals surface area contributed by atoms with E-state index in [9.17, 15) is 0 Å². The van der Waals surface area contributed by atoms with E-state index in [0.29, 0.717) is 18.4 Å². The van der Waals surface area contributed by atoms with Gasteiger partial charge in [-0.05, 0) is 18.2 Å². The molecule has 0 saturated heterocycles. The van der Waals surface area contributed by atoms with Gasteiger partial charge in [0.2, 0.25) is 0 Å². The van der Waals surface area contributed by atoms with Gasteiger partial charge in [0, 0.05) is 4.90 Å². The van der Waals surface area contributed by atoms with E-state index in [4.69, 9.17) is 21.1 Å². The summed E-state index contributed by atoms with van der Waals surface area (Å²) >= 11 is 7.19. The van der Waals surface area contributed by atoms with Crippen LogP contribution in [0.25, 0.3) is 0 Å². The van der Waals surface area contributed by atoms with Crippen LogP contribution in [0.4, 0.5) is 0 Å². The van der Waals surface area contributed by atoms with E-state index in [1.807, 2.05) is 18.2 Å². The van der Waals surface area contributed by atoms with Crippen LogP contribution in [0.15, 0.2) is 23.1 Å². The Morgan fingerprint density at radius 2 is 2.00 bits per heavy atom. The first-order valence-electron chi connectivity index (χ1n) is 3.98. The molecule has 4 heteroatoms. The number of alkyl halides is 1. The van der Waals surface area contributed by atoms with Crippen molar-refractivity contribution in [3.05, 3.63) is 18.2 Å². The van der Waals surface area contributed by atoms with Crippen LogP contribution in [-0.4, -0.2) is 18.4 Å². The lowest BCUT2D eigenvalue weighted by Crippen LogP contribution is -2.15. The molecule has 0 unspecified atom stereocenters. The molecule has 70 valence electrons. The minimum Gasteiger partial charge on any atom is -0.486 e. The van der Waals surface area contributed by atoms with Gasteiger partial charge in [-0.15, -0.1) is 23.4 Å². The maximum atomic E-state index is 5.61.